The third-order valence-electron chi connectivity index (χ3n) is 0.920. The van der Waals surface area contributed by atoms with E-state index in [2.05, 4.69) is 15.5 Å². The molecule has 0 bridgehead atoms. The second kappa shape index (κ2) is 3.99. The number of thiocarbonyl (C=S) groups is 1. The summed E-state index contributed by atoms with van der Waals surface area (Å²) >= 11 is 7.92. The summed E-state index contributed by atoms with van der Waals surface area (Å²) in [6.07, 6.45) is 1.92. The van der Waals surface area contributed by atoms with E-state index < -0.39 is 0 Å². The first-order valence-electron chi connectivity index (χ1n) is 2.87. The highest BCUT2D eigenvalue weighted by Gasteiger charge is 2.00. The molecule has 1 rings (SSSR count). The van der Waals surface area contributed by atoms with Gasteiger partial charge in [-0.1, -0.05) is 23.6 Å². The minimum Gasteiger partial charge on any atom is -0.316 e. The Labute approximate surface area is 78.6 Å². The molecule has 1 heterocycles. The number of nitrogens with one attached hydrogen (secondary N) is 1. The van der Waals surface area contributed by atoms with E-state index in [1.807, 2.05) is 13.2 Å². The molecule has 3 nitrogen and oxygen atoms in total. The van der Waals surface area contributed by atoms with Crippen molar-refractivity contribution >= 4 is 44.8 Å². The molecule has 0 aromatic carbocycles. The van der Waals surface area contributed by atoms with Gasteiger partial charge in [0.1, 0.15) is 9.33 Å². The quantitative estimate of drug-likeness (QED) is 0.709. The van der Waals surface area contributed by atoms with Crippen molar-refractivity contribution in [2.45, 2.75) is 6.92 Å². The van der Waals surface area contributed by atoms with E-state index in [9.17, 15) is 0 Å². The van der Waals surface area contributed by atoms with Gasteiger partial charge in [-0.25, -0.2) is 0 Å². The zero-order chi connectivity index (χ0) is 8.27. The molecule has 0 spiro atoms. The van der Waals surface area contributed by atoms with Crippen LogP contribution in [-0.2, 0) is 0 Å². The van der Waals surface area contributed by atoms with Crippen LogP contribution in [-0.4, -0.2) is 20.8 Å². The summed E-state index contributed by atoms with van der Waals surface area (Å²) in [6.45, 7) is 1.91. The third kappa shape index (κ3) is 2.72. The summed E-state index contributed by atoms with van der Waals surface area (Å²) < 4.78 is 0.723. The summed E-state index contributed by atoms with van der Waals surface area (Å²) in [5, 5.41) is 12.4. The van der Waals surface area contributed by atoms with Crippen LogP contribution in [0, 0.1) is 6.92 Å². The molecule has 1 aromatic rings. The van der Waals surface area contributed by atoms with Gasteiger partial charge in [-0.2, -0.15) is 0 Å². The minimum absolute atomic E-state index is 0.723. The SMILES string of the molecule is CSC(=S)Nc1nnc(C)s1. The van der Waals surface area contributed by atoms with E-state index >= 15 is 0 Å². The molecule has 0 saturated carbocycles. The first-order chi connectivity index (χ1) is 5.22. The van der Waals surface area contributed by atoms with E-state index in [0.717, 1.165) is 14.5 Å². The highest BCUT2D eigenvalue weighted by atomic mass is 32.2. The number of anilines is 1. The Morgan fingerprint density at radius 3 is 2.82 bits per heavy atom. The Balaban J connectivity index is 2.57. The van der Waals surface area contributed by atoms with E-state index in [1.54, 1.807) is 0 Å². The molecule has 1 N–H and O–H groups in total. The fourth-order valence-corrected chi connectivity index (χ4v) is 1.51. The number of thioether (sulfide) groups is 1. The van der Waals surface area contributed by atoms with Gasteiger partial charge >= 0.3 is 0 Å². The first kappa shape index (κ1) is 8.89. The summed E-state index contributed by atoms with van der Waals surface area (Å²) in [4.78, 5) is 0. The molecular formula is C5H7N3S3. The fourth-order valence-electron chi connectivity index (χ4n) is 0.485. The van der Waals surface area contributed by atoms with E-state index in [4.69, 9.17) is 12.2 Å². The summed E-state index contributed by atoms with van der Waals surface area (Å²) in [5.41, 5.74) is 0. The Morgan fingerprint density at radius 1 is 1.64 bits per heavy atom. The molecule has 0 amide bonds. The molecule has 0 aliphatic carbocycles. The predicted octanol–water partition coefficient (Wildman–Crippen LogP) is 1.91. The van der Waals surface area contributed by atoms with Crippen molar-refractivity contribution in [3.8, 4) is 0 Å². The normalized spacial score (nSPS) is 9.64. The molecule has 0 radical (unpaired) electrons. The Bertz CT molecular complexity index is 257. The fraction of sp³-hybridized carbons (Fsp3) is 0.400. The summed E-state index contributed by atoms with van der Waals surface area (Å²) in [5.74, 6) is 0. The number of rotatable bonds is 1. The highest BCUT2D eigenvalue weighted by Crippen LogP contribution is 2.15. The number of nitrogens with zero attached hydrogens (tertiary/aromatic N) is 2. The van der Waals surface area contributed by atoms with Crippen LogP contribution in [0.15, 0.2) is 0 Å². The van der Waals surface area contributed by atoms with Crippen LogP contribution in [0.2, 0.25) is 0 Å². The summed E-state index contributed by atoms with van der Waals surface area (Å²) in [6, 6.07) is 0. The lowest BCUT2D eigenvalue weighted by atomic mass is 10.9. The maximum absolute atomic E-state index is 4.94. The van der Waals surface area contributed by atoms with E-state index in [1.165, 1.54) is 23.1 Å². The molecule has 0 unspecified atom stereocenters. The van der Waals surface area contributed by atoms with Gasteiger partial charge in [-0.3, -0.25) is 0 Å². The number of aryl methyl sites for hydroxylation is 1. The number of aromatic nitrogens is 2. The standard InChI is InChI=1S/C5H7N3S3/c1-3-7-8-4(11-3)6-5(9)10-2/h1-2H3,(H,6,8,9). The maximum atomic E-state index is 4.94. The van der Waals surface area contributed by atoms with Crippen LogP contribution in [0.4, 0.5) is 5.13 Å². The maximum Gasteiger partial charge on any atom is 0.211 e. The average Bonchev–Trinajstić information content (AvgIpc) is 2.35. The largest absolute Gasteiger partial charge is 0.316 e. The lowest BCUT2D eigenvalue weighted by molar-refractivity contribution is 1.05. The van der Waals surface area contributed by atoms with Crippen molar-refractivity contribution in [2.75, 3.05) is 11.6 Å². The van der Waals surface area contributed by atoms with Crippen LogP contribution in [0.3, 0.4) is 0 Å². The van der Waals surface area contributed by atoms with Crippen molar-refractivity contribution in [1.29, 1.82) is 0 Å². The number of hydrogen-bond acceptors (Lipinski definition) is 5. The Hall–Kier alpha value is -0.200. The van der Waals surface area contributed by atoms with Crippen LogP contribution in [0.5, 0.6) is 0 Å². The Morgan fingerprint density at radius 2 is 2.36 bits per heavy atom. The second-order valence-corrected chi connectivity index (χ2v) is 4.41. The zero-order valence-corrected chi connectivity index (χ0v) is 8.57. The molecule has 0 aliphatic rings. The van der Waals surface area contributed by atoms with E-state index in [-0.39, 0.29) is 0 Å². The van der Waals surface area contributed by atoms with Gasteiger partial charge in [0.25, 0.3) is 0 Å². The molecule has 0 atom stereocenters. The second-order valence-electron chi connectivity index (χ2n) is 1.74. The van der Waals surface area contributed by atoms with Crippen LogP contribution in [0.1, 0.15) is 5.01 Å². The first-order valence-corrected chi connectivity index (χ1v) is 5.32. The van der Waals surface area contributed by atoms with Gasteiger partial charge < -0.3 is 5.32 Å². The van der Waals surface area contributed by atoms with Gasteiger partial charge in [0.05, 0.1) is 0 Å². The molecule has 11 heavy (non-hydrogen) atoms. The van der Waals surface area contributed by atoms with Gasteiger partial charge in [0.15, 0.2) is 0 Å². The lowest BCUT2D eigenvalue weighted by Gasteiger charge is -1.96. The molecule has 60 valence electrons. The smallest absolute Gasteiger partial charge is 0.211 e. The molecule has 1 aromatic heterocycles. The van der Waals surface area contributed by atoms with Gasteiger partial charge in [-0.05, 0) is 13.2 Å². The minimum atomic E-state index is 0.723. The molecule has 0 saturated heterocycles. The Kier molecular flexibility index (Phi) is 3.22. The average molecular weight is 205 g/mol. The number of hydrogen-bond donors (Lipinski definition) is 1. The molecular weight excluding hydrogens is 198 g/mol. The van der Waals surface area contributed by atoms with Gasteiger partial charge in [-0.15, -0.1) is 22.0 Å². The van der Waals surface area contributed by atoms with Crippen LogP contribution >= 0.6 is 35.3 Å². The van der Waals surface area contributed by atoms with Crippen molar-refractivity contribution in [2.24, 2.45) is 0 Å². The third-order valence-corrected chi connectivity index (χ3v) is 2.75. The lowest BCUT2D eigenvalue weighted by Crippen LogP contribution is -2.02. The molecule has 0 aliphatic heterocycles. The molecule has 0 fully saturated rings. The van der Waals surface area contributed by atoms with Crippen molar-refractivity contribution in [3.63, 3.8) is 0 Å². The monoisotopic (exact) mass is 205 g/mol. The van der Waals surface area contributed by atoms with Crippen LogP contribution in [0.25, 0.3) is 0 Å². The van der Waals surface area contributed by atoms with Gasteiger partial charge in [0, 0.05) is 0 Å². The summed E-state index contributed by atoms with van der Waals surface area (Å²) in [7, 11) is 0. The zero-order valence-electron chi connectivity index (χ0n) is 6.12. The van der Waals surface area contributed by atoms with E-state index in [0.29, 0.717) is 0 Å². The van der Waals surface area contributed by atoms with Crippen LogP contribution < -0.4 is 5.32 Å². The van der Waals surface area contributed by atoms with Crippen molar-refractivity contribution < 1.29 is 0 Å². The molecule has 6 heteroatoms. The highest BCUT2D eigenvalue weighted by molar-refractivity contribution is 8.22. The van der Waals surface area contributed by atoms with Gasteiger partial charge in [0.2, 0.25) is 5.13 Å². The topological polar surface area (TPSA) is 37.8 Å². The van der Waals surface area contributed by atoms with Crippen molar-refractivity contribution in [1.82, 2.24) is 10.2 Å². The predicted molar refractivity (Wildman–Crippen MR) is 54.4 cm³/mol. The van der Waals surface area contributed by atoms with Crippen molar-refractivity contribution in [3.05, 3.63) is 5.01 Å².